The van der Waals surface area contributed by atoms with Crippen LogP contribution in [-0.4, -0.2) is 18.4 Å². The number of hydrogen-bond acceptors (Lipinski definition) is 6. The Morgan fingerprint density at radius 2 is 1.86 bits per heavy atom. The molecule has 0 unspecified atom stereocenters. The highest BCUT2D eigenvalue weighted by Gasteiger charge is 2.14. The summed E-state index contributed by atoms with van der Waals surface area (Å²) in [7, 11) is -3.70. The standard InChI is InChI=1S/C12H9ClN4O2S2/c13-8-1-3-9(4-2-8)21(18,19)17-16-11-10-5-6-20-12(10)15-7-14-11/h1-7,17H,(H,14,15,16). The maximum Gasteiger partial charge on any atom is 0.257 e. The van der Waals surface area contributed by atoms with Gasteiger partial charge in [-0.1, -0.05) is 11.6 Å². The fourth-order valence-corrected chi connectivity index (χ4v) is 3.38. The van der Waals surface area contributed by atoms with Crippen LogP contribution >= 0.6 is 22.9 Å². The molecular formula is C12H9ClN4O2S2. The Morgan fingerprint density at radius 1 is 1.10 bits per heavy atom. The van der Waals surface area contributed by atoms with Gasteiger partial charge in [0.2, 0.25) is 0 Å². The summed E-state index contributed by atoms with van der Waals surface area (Å²) in [6.07, 6.45) is 1.37. The monoisotopic (exact) mass is 340 g/mol. The van der Waals surface area contributed by atoms with Crippen molar-refractivity contribution in [2.24, 2.45) is 0 Å². The van der Waals surface area contributed by atoms with Gasteiger partial charge in [0, 0.05) is 5.02 Å². The van der Waals surface area contributed by atoms with Gasteiger partial charge < -0.3 is 0 Å². The molecule has 0 amide bonds. The normalized spacial score (nSPS) is 11.7. The van der Waals surface area contributed by atoms with Crippen LogP contribution in [0.3, 0.4) is 0 Å². The minimum atomic E-state index is -3.70. The van der Waals surface area contributed by atoms with Gasteiger partial charge in [0.25, 0.3) is 10.0 Å². The van der Waals surface area contributed by atoms with Crippen LogP contribution in [0.4, 0.5) is 5.82 Å². The van der Waals surface area contributed by atoms with Gasteiger partial charge in [-0.2, -0.15) is 0 Å². The summed E-state index contributed by atoms with van der Waals surface area (Å²) in [5.74, 6) is 0.402. The number of hydrogen-bond donors (Lipinski definition) is 2. The fourth-order valence-electron chi connectivity index (χ4n) is 1.68. The van der Waals surface area contributed by atoms with Crippen LogP contribution in [0.2, 0.25) is 5.02 Å². The van der Waals surface area contributed by atoms with Gasteiger partial charge in [0.15, 0.2) is 5.82 Å². The molecular weight excluding hydrogens is 332 g/mol. The SMILES string of the molecule is O=S(=O)(NNc1ncnc2sccc12)c1ccc(Cl)cc1. The third-order valence-electron chi connectivity index (χ3n) is 2.69. The number of halogens is 1. The molecule has 0 saturated heterocycles. The van der Waals surface area contributed by atoms with Crippen molar-refractivity contribution >= 4 is 49.0 Å². The maximum absolute atomic E-state index is 12.1. The first-order chi connectivity index (χ1) is 10.1. The van der Waals surface area contributed by atoms with Gasteiger partial charge >= 0.3 is 0 Å². The van der Waals surface area contributed by atoms with Gasteiger partial charge in [-0.15, -0.1) is 16.2 Å². The van der Waals surface area contributed by atoms with Crippen LogP contribution in [-0.2, 0) is 10.0 Å². The zero-order chi connectivity index (χ0) is 14.9. The van der Waals surface area contributed by atoms with E-state index < -0.39 is 10.0 Å². The lowest BCUT2D eigenvalue weighted by Crippen LogP contribution is -2.30. The predicted octanol–water partition coefficient (Wildman–Crippen LogP) is 2.65. The molecule has 0 spiro atoms. The molecule has 0 fully saturated rings. The van der Waals surface area contributed by atoms with Crippen molar-refractivity contribution < 1.29 is 8.42 Å². The van der Waals surface area contributed by atoms with Crippen LogP contribution in [0.15, 0.2) is 46.9 Å². The maximum atomic E-state index is 12.1. The van der Waals surface area contributed by atoms with E-state index in [9.17, 15) is 8.42 Å². The van der Waals surface area contributed by atoms with Gasteiger partial charge in [-0.05, 0) is 35.7 Å². The van der Waals surface area contributed by atoms with Crippen LogP contribution < -0.4 is 10.3 Å². The molecule has 0 aliphatic rings. The molecule has 0 bridgehead atoms. The van der Waals surface area contributed by atoms with Crippen molar-refractivity contribution in [2.75, 3.05) is 5.43 Å². The van der Waals surface area contributed by atoms with Crippen molar-refractivity contribution in [1.29, 1.82) is 0 Å². The number of rotatable bonds is 4. The van der Waals surface area contributed by atoms with E-state index in [1.165, 1.54) is 41.9 Å². The molecule has 0 atom stereocenters. The number of thiophene rings is 1. The summed E-state index contributed by atoms with van der Waals surface area (Å²) < 4.78 is 24.3. The molecule has 3 aromatic rings. The molecule has 0 aliphatic heterocycles. The summed E-state index contributed by atoms with van der Waals surface area (Å²) in [4.78, 5) is 11.3. The van der Waals surface area contributed by atoms with Crippen LogP contribution in [0.25, 0.3) is 10.2 Å². The zero-order valence-corrected chi connectivity index (χ0v) is 12.8. The summed E-state index contributed by atoms with van der Waals surface area (Å²) >= 11 is 7.19. The Balaban J connectivity index is 1.83. The number of nitrogens with zero attached hydrogens (tertiary/aromatic N) is 2. The molecule has 2 N–H and O–H groups in total. The van der Waals surface area contributed by atoms with Gasteiger partial charge in [-0.3, -0.25) is 5.43 Å². The molecule has 0 radical (unpaired) electrons. The van der Waals surface area contributed by atoms with Crippen molar-refractivity contribution in [3.63, 3.8) is 0 Å². The average molecular weight is 341 g/mol. The van der Waals surface area contributed by atoms with Crippen LogP contribution in [0, 0.1) is 0 Å². The third kappa shape index (κ3) is 2.98. The minimum absolute atomic E-state index is 0.106. The van der Waals surface area contributed by atoms with E-state index in [1.54, 1.807) is 0 Å². The van der Waals surface area contributed by atoms with Crippen molar-refractivity contribution in [2.45, 2.75) is 4.90 Å². The van der Waals surface area contributed by atoms with Crippen LogP contribution in [0.5, 0.6) is 0 Å². The molecule has 3 rings (SSSR count). The minimum Gasteiger partial charge on any atom is -0.291 e. The van der Waals surface area contributed by atoms with Crippen molar-refractivity contribution in [3.05, 3.63) is 47.1 Å². The molecule has 21 heavy (non-hydrogen) atoms. The molecule has 9 heteroatoms. The predicted molar refractivity (Wildman–Crippen MR) is 82.8 cm³/mol. The smallest absolute Gasteiger partial charge is 0.257 e. The lowest BCUT2D eigenvalue weighted by atomic mass is 10.4. The fraction of sp³-hybridized carbons (Fsp3) is 0. The number of aromatic nitrogens is 2. The van der Waals surface area contributed by atoms with E-state index in [-0.39, 0.29) is 4.90 Å². The second-order valence-electron chi connectivity index (χ2n) is 4.05. The zero-order valence-electron chi connectivity index (χ0n) is 10.4. The molecule has 2 heterocycles. The largest absolute Gasteiger partial charge is 0.291 e. The van der Waals surface area contributed by atoms with Crippen molar-refractivity contribution in [1.82, 2.24) is 14.8 Å². The van der Waals surface area contributed by atoms with E-state index in [0.29, 0.717) is 10.8 Å². The number of benzene rings is 1. The number of nitrogens with one attached hydrogen (secondary N) is 2. The first kappa shape index (κ1) is 14.2. The van der Waals surface area contributed by atoms with Crippen LogP contribution in [0.1, 0.15) is 0 Å². The quantitative estimate of drug-likeness (QED) is 0.713. The lowest BCUT2D eigenvalue weighted by molar-refractivity contribution is 0.587. The Labute approximate surface area is 129 Å². The summed E-state index contributed by atoms with van der Waals surface area (Å²) in [6.45, 7) is 0. The molecule has 1 aromatic carbocycles. The Kier molecular flexibility index (Phi) is 3.77. The van der Waals surface area contributed by atoms with Crippen molar-refractivity contribution in [3.8, 4) is 0 Å². The average Bonchev–Trinajstić information content (AvgIpc) is 2.94. The summed E-state index contributed by atoms with van der Waals surface area (Å²) in [6, 6.07) is 7.69. The van der Waals surface area contributed by atoms with E-state index in [4.69, 9.17) is 11.6 Å². The summed E-state index contributed by atoms with van der Waals surface area (Å²) in [5, 5.41) is 3.08. The molecule has 0 aliphatic carbocycles. The number of sulfonamides is 1. The third-order valence-corrected chi connectivity index (χ3v) is 5.03. The Morgan fingerprint density at radius 3 is 2.62 bits per heavy atom. The molecule has 0 saturated carbocycles. The topological polar surface area (TPSA) is 84.0 Å². The molecule has 108 valence electrons. The second kappa shape index (κ2) is 5.57. The van der Waals surface area contributed by atoms with Gasteiger partial charge in [0.1, 0.15) is 11.2 Å². The Bertz CT molecular complexity index is 878. The van der Waals surface area contributed by atoms with E-state index in [0.717, 1.165) is 10.2 Å². The molecule has 2 aromatic heterocycles. The van der Waals surface area contributed by atoms with E-state index >= 15 is 0 Å². The lowest BCUT2D eigenvalue weighted by Gasteiger charge is -2.09. The summed E-state index contributed by atoms with van der Waals surface area (Å²) in [5.41, 5.74) is 2.61. The number of fused-ring (bicyclic) bond motifs is 1. The van der Waals surface area contributed by atoms with Gasteiger partial charge in [0.05, 0.1) is 10.3 Å². The Hall–Kier alpha value is -1.74. The first-order valence-electron chi connectivity index (χ1n) is 5.78. The number of hydrazine groups is 1. The highest BCUT2D eigenvalue weighted by atomic mass is 35.5. The first-order valence-corrected chi connectivity index (χ1v) is 8.52. The van der Waals surface area contributed by atoms with E-state index in [2.05, 4.69) is 20.2 Å². The second-order valence-corrected chi connectivity index (χ2v) is 7.06. The molecule has 6 nitrogen and oxygen atoms in total. The highest BCUT2D eigenvalue weighted by Crippen LogP contribution is 2.23. The van der Waals surface area contributed by atoms with E-state index in [1.807, 2.05) is 11.4 Å². The highest BCUT2D eigenvalue weighted by molar-refractivity contribution is 7.89. The van der Waals surface area contributed by atoms with Gasteiger partial charge in [-0.25, -0.2) is 18.4 Å². The number of anilines is 1.